The number of rotatable bonds is 2. The second kappa shape index (κ2) is 6.01. The molecule has 0 amide bonds. The molecule has 0 saturated carbocycles. The van der Waals surface area contributed by atoms with Gasteiger partial charge in [0.1, 0.15) is 0 Å². The standard InChI is InChI=1S/C19H17ClN4O/c1-24-14-6-3-7-15(25)17(14)16(11-4-2-5-12(20)10-11)18(24)13-8-9-22-19(21)23-13/h2,4-5,8-10H,3,6-7H2,1H3,(H2,21,22,23). The minimum Gasteiger partial charge on any atom is -0.368 e. The van der Waals surface area contributed by atoms with E-state index in [1.165, 1.54) is 0 Å². The highest BCUT2D eigenvalue weighted by molar-refractivity contribution is 6.31. The van der Waals surface area contributed by atoms with Crippen molar-refractivity contribution >= 4 is 23.3 Å². The topological polar surface area (TPSA) is 73.8 Å². The Labute approximate surface area is 150 Å². The summed E-state index contributed by atoms with van der Waals surface area (Å²) >= 11 is 6.21. The molecule has 2 heterocycles. The fraction of sp³-hybridized carbons (Fsp3) is 0.211. The van der Waals surface area contributed by atoms with Gasteiger partial charge in [0.25, 0.3) is 0 Å². The van der Waals surface area contributed by atoms with E-state index < -0.39 is 0 Å². The first-order valence-corrected chi connectivity index (χ1v) is 8.53. The van der Waals surface area contributed by atoms with Gasteiger partial charge in [0, 0.05) is 41.5 Å². The molecular formula is C19H17ClN4O. The number of ketones is 1. The van der Waals surface area contributed by atoms with Crippen molar-refractivity contribution in [1.29, 1.82) is 0 Å². The van der Waals surface area contributed by atoms with Crippen molar-refractivity contribution in [2.45, 2.75) is 19.3 Å². The average Bonchev–Trinajstić information content (AvgIpc) is 2.89. The zero-order valence-electron chi connectivity index (χ0n) is 13.8. The number of nitrogens with zero attached hydrogens (tertiary/aromatic N) is 3. The lowest BCUT2D eigenvalue weighted by atomic mass is 9.90. The lowest BCUT2D eigenvalue weighted by molar-refractivity contribution is 0.0972. The summed E-state index contributed by atoms with van der Waals surface area (Å²) in [6.07, 6.45) is 3.93. The van der Waals surface area contributed by atoms with Gasteiger partial charge < -0.3 is 10.3 Å². The number of carbonyl (C=O) groups excluding carboxylic acids is 1. The van der Waals surface area contributed by atoms with Gasteiger partial charge in [0.2, 0.25) is 5.95 Å². The third-order valence-corrected chi connectivity index (χ3v) is 4.88. The summed E-state index contributed by atoms with van der Waals surface area (Å²) in [6, 6.07) is 9.38. The Balaban J connectivity index is 2.08. The van der Waals surface area contributed by atoms with Crippen molar-refractivity contribution in [1.82, 2.24) is 14.5 Å². The number of anilines is 1. The van der Waals surface area contributed by atoms with Crippen molar-refractivity contribution in [2.24, 2.45) is 7.05 Å². The molecule has 0 fully saturated rings. The maximum atomic E-state index is 12.7. The first-order valence-electron chi connectivity index (χ1n) is 8.16. The zero-order chi connectivity index (χ0) is 17.6. The Bertz CT molecular complexity index is 993. The Kier molecular flexibility index (Phi) is 3.81. The van der Waals surface area contributed by atoms with Crippen LogP contribution in [0.1, 0.15) is 28.9 Å². The third kappa shape index (κ3) is 2.61. The molecule has 0 radical (unpaired) electrons. The van der Waals surface area contributed by atoms with E-state index in [9.17, 15) is 4.79 Å². The van der Waals surface area contributed by atoms with Crippen LogP contribution in [0.3, 0.4) is 0 Å². The van der Waals surface area contributed by atoms with E-state index in [-0.39, 0.29) is 11.7 Å². The van der Waals surface area contributed by atoms with Gasteiger partial charge in [-0.3, -0.25) is 4.79 Å². The molecule has 0 aliphatic heterocycles. The van der Waals surface area contributed by atoms with Gasteiger partial charge in [-0.1, -0.05) is 23.7 Å². The van der Waals surface area contributed by atoms with Crippen LogP contribution >= 0.6 is 11.6 Å². The zero-order valence-corrected chi connectivity index (χ0v) is 14.5. The van der Waals surface area contributed by atoms with Crippen LogP contribution in [0.25, 0.3) is 22.5 Å². The minimum absolute atomic E-state index is 0.167. The molecule has 0 atom stereocenters. The van der Waals surface area contributed by atoms with Gasteiger partial charge in [-0.05, 0) is 36.6 Å². The third-order valence-electron chi connectivity index (χ3n) is 4.64. The Morgan fingerprint density at radius 1 is 1.20 bits per heavy atom. The number of benzene rings is 1. The summed E-state index contributed by atoms with van der Waals surface area (Å²) in [4.78, 5) is 21.1. The Morgan fingerprint density at radius 2 is 2.04 bits per heavy atom. The van der Waals surface area contributed by atoms with Crippen LogP contribution < -0.4 is 5.73 Å². The second-order valence-electron chi connectivity index (χ2n) is 6.19. The number of Topliss-reactive ketones (excluding diaryl/α,β-unsaturated/α-hetero) is 1. The number of carbonyl (C=O) groups is 1. The van der Waals surface area contributed by atoms with Crippen molar-refractivity contribution in [3.63, 3.8) is 0 Å². The number of halogens is 1. The van der Waals surface area contributed by atoms with E-state index in [2.05, 4.69) is 14.5 Å². The van der Waals surface area contributed by atoms with Crippen LogP contribution in [0, 0.1) is 0 Å². The number of nitrogen functional groups attached to an aromatic ring is 1. The molecule has 25 heavy (non-hydrogen) atoms. The molecule has 1 aromatic carbocycles. The summed E-state index contributed by atoms with van der Waals surface area (Å²) in [5.74, 6) is 0.375. The molecule has 126 valence electrons. The van der Waals surface area contributed by atoms with Crippen molar-refractivity contribution in [3.05, 3.63) is 52.8 Å². The van der Waals surface area contributed by atoms with E-state index in [0.717, 1.165) is 40.9 Å². The van der Waals surface area contributed by atoms with Crippen LogP contribution in [-0.2, 0) is 13.5 Å². The molecular weight excluding hydrogens is 336 g/mol. The van der Waals surface area contributed by atoms with E-state index in [4.69, 9.17) is 17.3 Å². The molecule has 4 rings (SSSR count). The summed E-state index contributed by atoms with van der Waals surface area (Å²) in [5.41, 5.74) is 11.0. The van der Waals surface area contributed by atoms with E-state index in [1.807, 2.05) is 37.4 Å². The quantitative estimate of drug-likeness (QED) is 0.759. The van der Waals surface area contributed by atoms with Crippen LogP contribution in [0.2, 0.25) is 5.02 Å². The second-order valence-corrected chi connectivity index (χ2v) is 6.63. The number of hydrogen-bond acceptors (Lipinski definition) is 4. The van der Waals surface area contributed by atoms with Gasteiger partial charge >= 0.3 is 0 Å². The van der Waals surface area contributed by atoms with Gasteiger partial charge in [0.15, 0.2) is 5.78 Å². The minimum atomic E-state index is 0.167. The monoisotopic (exact) mass is 352 g/mol. The van der Waals surface area contributed by atoms with Gasteiger partial charge in [-0.25, -0.2) is 9.97 Å². The largest absolute Gasteiger partial charge is 0.368 e. The number of fused-ring (bicyclic) bond motifs is 1. The molecule has 0 unspecified atom stereocenters. The maximum absolute atomic E-state index is 12.7. The summed E-state index contributed by atoms with van der Waals surface area (Å²) < 4.78 is 2.06. The van der Waals surface area contributed by atoms with Crippen LogP contribution in [0.15, 0.2) is 36.5 Å². The van der Waals surface area contributed by atoms with Gasteiger partial charge in [0.05, 0.1) is 11.4 Å². The molecule has 5 nitrogen and oxygen atoms in total. The molecule has 2 N–H and O–H groups in total. The molecule has 2 aromatic heterocycles. The van der Waals surface area contributed by atoms with E-state index >= 15 is 0 Å². The molecule has 1 aliphatic rings. The molecule has 3 aromatic rings. The molecule has 0 bridgehead atoms. The van der Waals surface area contributed by atoms with Crippen molar-refractivity contribution in [3.8, 4) is 22.5 Å². The Hall–Kier alpha value is -2.66. The Morgan fingerprint density at radius 3 is 2.80 bits per heavy atom. The highest BCUT2D eigenvalue weighted by atomic mass is 35.5. The van der Waals surface area contributed by atoms with Crippen molar-refractivity contribution < 1.29 is 4.79 Å². The smallest absolute Gasteiger partial charge is 0.220 e. The van der Waals surface area contributed by atoms with Crippen LogP contribution in [-0.4, -0.2) is 20.3 Å². The SMILES string of the molecule is Cn1c2c(c(-c3cccc(Cl)c3)c1-c1ccnc(N)n1)C(=O)CCC2. The normalized spacial score (nSPS) is 13.8. The fourth-order valence-electron chi connectivity index (χ4n) is 3.60. The molecule has 6 heteroatoms. The lowest BCUT2D eigenvalue weighted by Gasteiger charge is -2.13. The summed E-state index contributed by atoms with van der Waals surface area (Å²) in [5, 5.41) is 0.631. The average molecular weight is 353 g/mol. The summed E-state index contributed by atoms with van der Waals surface area (Å²) in [7, 11) is 1.97. The molecule has 1 aliphatic carbocycles. The predicted molar refractivity (Wildman–Crippen MR) is 98.6 cm³/mol. The number of aromatic nitrogens is 3. The van der Waals surface area contributed by atoms with Crippen LogP contribution in [0.4, 0.5) is 5.95 Å². The fourth-order valence-corrected chi connectivity index (χ4v) is 3.79. The predicted octanol–water partition coefficient (Wildman–Crippen LogP) is 3.90. The van der Waals surface area contributed by atoms with Gasteiger partial charge in [-0.2, -0.15) is 0 Å². The lowest BCUT2D eigenvalue weighted by Crippen LogP contribution is -2.12. The molecule has 0 saturated heterocycles. The van der Waals surface area contributed by atoms with E-state index in [0.29, 0.717) is 17.1 Å². The molecule has 0 spiro atoms. The first-order chi connectivity index (χ1) is 12.1. The van der Waals surface area contributed by atoms with Crippen molar-refractivity contribution in [2.75, 3.05) is 5.73 Å². The first kappa shape index (κ1) is 15.8. The van der Waals surface area contributed by atoms with Crippen LogP contribution in [0.5, 0.6) is 0 Å². The highest BCUT2D eigenvalue weighted by Crippen LogP contribution is 2.41. The highest BCUT2D eigenvalue weighted by Gasteiger charge is 2.30. The maximum Gasteiger partial charge on any atom is 0.220 e. The van der Waals surface area contributed by atoms with E-state index in [1.54, 1.807) is 6.20 Å². The summed E-state index contributed by atoms with van der Waals surface area (Å²) in [6.45, 7) is 0. The number of hydrogen-bond donors (Lipinski definition) is 1. The number of nitrogens with two attached hydrogens (primary N) is 1. The van der Waals surface area contributed by atoms with Gasteiger partial charge in [-0.15, -0.1) is 0 Å².